The quantitative estimate of drug-likeness (QED) is 0.633. The van der Waals surface area contributed by atoms with Crippen LogP contribution in [0.15, 0.2) is 29.3 Å². The predicted octanol–water partition coefficient (Wildman–Crippen LogP) is 2.55. The number of guanidine groups is 1. The van der Waals surface area contributed by atoms with Crippen molar-refractivity contribution in [1.29, 1.82) is 0 Å². The van der Waals surface area contributed by atoms with Crippen LogP contribution in [-0.4, -0.2) is 55.8 Å². The summed E-state index contributed by atoms with van der Waals surface area (Å²) in [4.78, 5) is 7.15. The van der Waals surface area contributed by atoms with E-state index in [1.54, 1.807) is 0 Å². The van der Waals surface area contributed by atoms with Gasteiger partial charge in [-0.2, -0.15) is 0 Å². The van der Waals surface area contributed by atoms with Gasteiger partial charge in [-0.3, -0.25) is 9.89 Å². The Labute approximate surface area is 150 Å². The lowest BCUT2D eigenvalue weighted by atomic mass is 10.0. The molecular formula is C19H31FN4O. The van der Waals surface area contributed by atoms with Crippen molar-refractivity contribution in [2.75, 3.05) is 39.4 Å². The highest BCUT2D eigenvalue weighted by Gasteiger charge is 2.23. The number of morpholine rings is 1. The molecule has 0 spiro atoms. The molecule has 1 aromatic carbocycles. The Morgan fingerprint density at radius 3 is 2.44 bits per heavy atom. The molecule has 0 bridgehead atoms. The van der Waals surface area contributed by atoms with Crippen LogP contribution in [0.3, 0.4) is 0 Å². The van der Waals surface area contributed by atoms with Gasteiger partial charge in [-0.1, -0.05) is 12.1 Å². The van der Waals surface area contributed by atoms with E-state index in [-0.39, 0.29) is 17.4 Å². The summed E-state index contributed by atoms with van der Waals surface area (Å²) in [6.07, 6.45) is 0. The first kappa shape index (κ1) is 19.7. The lowest BCUT2D eigenvalue weighted by Crippen LogP contribution is -2.48. The highest BCUT2D eigenvalue weighted by Crippen LogP contribution is 2.22. The van der Waals surface area contributed by atoms with Gasteiger partial charge in [0.2, 0.25) is 0 Å². The minimum absolute atomic E-state index is 0.0641. The molecule has 6 heteroatoms. The summed E-state index contributed by atoms with van der Waals surface area (Å²) in [5.41, 5.74) is 1.02. The van der Waals surface area contributed by atoms with E-state index in [9.17, 15) is 4.39 Å². The van der Waals surface area contributed by atoms with Crippen LogP contribution in [0.4, 0.5) is 4.39 Å². The summed E-state index contributed by atoms with van der Waals surface area (Å²) in [6, 6.07) is 6.86. The van der Waals surface area contributed by atoms with E-state index in [1.807, 2.05) is 12.1 Å². The van der Waals surface area contributed by atoms with Gasteiger partial charge in [0.15, 0.2) is 5.96 Å². The Kier molecular flexibility index (Phi) is 7.20. The average Bonchev–Trinajstić information content (AvgIpc) is 2.56. The van der Waals surface area contributed by atoms with Gasteiger partial charge in [-0.15, -0.1) is 0 Å². The van der Waals surface area contributed by atoms with Crippen molar-refractivity contribution < 1.29 is 9.13 Å². The standard InChI is InChI=1S/C19H31FN4O/c1-5-21-18(23-19(2,3)4)22-14-17(24-10-12-25-13-11-24)15-6-8-16(20)9-7-15/h6-9,17H,5,10-14H2,1-4H3,(H2,21,22,23). The lowest BCUT2D eigenvalue weighted by molar-refractivity contribution is 0.0179. The number of benzene rings is 1. The van der Waals surface area contributed by atoms with Crippen LogP contribution >= 0.6 is 0 Å². The minimum Gasteiger partial charge on any atom is -0.379 e. The monoisotopic (exact) mass is 350 g/mol. The van der Waals surface area contributed by atoms with E-state index in [0.29, 0.717) is 6.54 Å². The Bertz CT molecular complexity index is 548. The second-order valence-electron chi connectivity index (χ2n) is 7.31. The van der Waals surface area contributed by atoms with E-state index in [0.717, 1.165) is 44.4 Å². The van der Waals surface area contributed by atoms with Gasteiger partial charge < -0.3 is 15.4 Å². The van der Waals surface area contributed by atoms with Crippen LogP contribution in [-0.2, 0) is 4.74 Å². The minimum atomic E-state index is -0.212. The van der Waals surface area contributed by atoms with Crippen LogP contribution < -0.4 is 10.6 Å². The summed E-state index contributed by atoms with van der Waals surface area (Å²) in [7, 11) is 0. The van der Waals surface area contributed by atoms with Crippen molar-refractivity contribution in [1.82, 2.24) is 15.5 Å². The maximum atomic E-state index is 13.3. The molecule has 0 amide bonds. The van der Waals surface area contributed by atoms with E-state index in [2.05, 4.69) is 43.2 Å². The smallest absolute Gasteiger partial charge is 0.191 e. The van der Waals surface area contributed by atoms with Crippen LogP contribution in [0, 0.1) is 5.82 Å². The Morgan fingerprint density at radius 1 is 1.24 bits per heavy atom. The van der Waals surface area contributed by atoms with Crippen molar-refractivity contribution in [3.8, 4) is 0 Å². The van der Waals surface area contributed by atoms with Crippen molar-refractivity contribution in [3.63, 3.8) is 0 Å². The number of hydrogen-bond acceptors (Lipinski definition) is 3. The molecule has 0 aromatic heterocycles. The molecule has 0 saturated carbocycles. The van der Waals surface area contributed by atoms with Gasteiger partial charge in [-0.05, 0) is 45.4 Å². The average molecular weight is 350 g/mol. The van der Waals surface area contributed by atoms with E-state index >= 15 is 0 Å². The summed E-state index contributed by atoms with van der Waals surface area (Å²) in [5.74, 6) is 0.589. The van der Waals surface area contributed by atoms with Crippen LogP contribution in [0.5, 0.6) is 0 Å². The molecule has 140 valence electrons. The second kappa shape index (κ2) is 9.15. The number of aliphatic imine (C=N–C) groups is 1. The molecule has 2 rings (SSSR count). The van der Waals surface area contributed by atoms with Gasteiger partial charge in [0.1, 0.15) is 5.82 Å². The second-order valence-corrected chi connectivity index (χ2v) is 7.31. The maximum Gasteiger partial charge on any atom is 0.191 e. The van der Waals surface area contributed by atoms with Gasteiger partial charge >= 0.3 is 0 Å². The van der Waals surface area contributed by atoms with E-state index in [1.165, 1.54) is 12.1 Å². The summed E-state index contributed by atoms with van der Waals surface area (Å²) >= 11 is 0. The van der Waals surface area contributed by atoms with E-state index in [4.69, 9.17) is 9.73 Å². The fourth-order valence-corrected chi connectivity index (χ4v) is 2.85. The SMILES string of the molecule is CCNC(=NCC(c1ccc(F)cc1)N1CCOCC1)NC(C)(C)C. The molecule has 1 unspecified atom stereocenters. The third kappa shape index (κ3) is 6.63. The molecule has 25 heavy (non-hydrogen) atoms. The van der Waals surface area contributed by atoms with Crippen molar-refractivity contribution in [2.24, 2.45) is 4.99 Å². The third-order valence-corrected chi connectivity index (χ3v) is 4.00. The number of ether oxygens (including phenoxy) is 1. The molecular weight excluding hydrogens is 319 g/mol. The molecule has 1 fully saturated rings. The first-order valence-electron chi connectivity index (χ1n) is 9.03. The fourth-order valence-electron chi connectivity index (χ4n) is 2.85. The topological polar surface area (TPSA) is 48.9 Å². The molecule has 1 aliphatic rings. The Morgan fingerprint density at radius 2 is 1.88 bits per heavy atom. The first-order valence-corrected chi connectivity index (χ1v) is 9.03. The zero-order valence-electron chi connectivity index (χ0n) is 15.8. The molecule has 1 aromatic rings. The highest BCUT2D eigenvalue weighted by molar-refractivity contribution is 5.80. The largest absolute Gasteiger partial charge is 0.379 e. The van der Waals surface area contributed by atoms with Crippen LogP contribution in [0.1, 0.15) is 39.3 Å². The predicted molar refractivity (Wildman–Crippen MR) is 100 cm³/mol. The molecule has 1 aliphatic heterocycles. The summed E-state index contributed by atoms with van der Waals surface area (Å²) in [5, 5.41) is 6.71. The molecule has 1 saturated heterocycles. The van der Waals surface area contributed by atoms with Crippen LogP contribution in [0.2, 0.25) is 0 Å². The molecule has 1 atom stereocenters. The number of hydrogen-bond donors (Lipinski definition) is 2. The third-order valence-electron chi connectivity index (χ3n) is 4.00. The Hall–Kier alpha value is -1.66. The van der Waals surface area contributed by atoms with Gasteiger partial charge in [0.05, 0.1) is 25.8 Å². The summed E-state index contributed by atoms with van der Waals surface area (Å²) < 4.78 is 18.8. The fraction of sp³-hybridized carbons (Fsp3) is 0.632. The maximum absolute atomic E-state index is 13.3. The zero-order valence-corrected chi connectivity index (χ0v) is 15.8. The van der Waals surface area contributed by atoms with Crippen molar-refractivity contribution >= 4 is 5.96 Å². The zero-order chi connectivity index (χ0) is 18.3. The van der Waals surface area contributed by atoms with Gasteiger partial charge in [-0.25, -0.2) is 4.39 Å². The molecule has 1 heterocycles. The Balaban J connectivity index is 2.18. The molecule has 0 radical (unpaired) electrons. The van der Waals surface area contributed by atoms with Gasteiger partial charge in [0, 0.05) is 25.2 Å². The van der Waals surface area contributed by atoms with Crippen molar-refractivity contribution in [3.05, 3.63) is 35.6 Å². The van der Waals surface area contributed by atoms with Gasteiger partial charge in [0.25, 0.3) is 0 Å². The number of nitrogens with zero attached hydrogens (tertiary/aromatic N) is 2. The first-order chi connectivity index (χ1) is 11.9. The lowest BCUT2D eigenvalue weighted by Gasteiger charge is -2.34. The number of nitrogens with one attached hydrogen (secondary N) is 2. The van der Waals surface area contributed by atoms with E-state index < -0.39 is 0 Å². The number of rotatable bonds is 5. The molecule has 5 nitrogen and oxygen atoms in total. The highest BCUT2D eigenvalue weighted by atomic mass is 19.1. The number of halogens is 1. The van der Waals surface area contributed by atoms with Crippen molar-refractivity contribution in [2.45, 2.75) is 39.3 Å². The normalized spacial score (nSPS) is 18.0. The summed E-state index contributed by atoms with van der Waals surface area (Å²) in [6.45, 7) is 13.0. The molecule has 2 N–H and O–H groups in total. The molecule has 0 aliphatic carbocycles. The van der Waals surface area contributed by atoms with Crippen LogP contribution in [0.25, 0.3) is 0 Å².